The summed E-state index contributed by atoms with van der Waals surface area (Å²) in [5.41, 5.74) is 1.83. The second-order valence-electron chi connectivity index (χ2n) is 7.54. The summed E-state index contributed by atoms with van der Waals surface area (Å²) in [6, 6.07) is 7.81. The summed E-state index contributed by atoms with van der Waals surface area (Å²) in [7, 11) is 0. The minimum atomic E-state index is 0.272. The van der Waals surface area contributed by atoms with E-state index < -0.39 is 0 Å². The molecule has 0 spiro atoms. The average molecular weight is 311 g/mol. The Bertz CT molecular complexity index is 685. The number of allylic oxidation sites excluding steroid dienone is 1. The molecule has 2 heteroatoms. The van der Waals surface area contributed by atoms with E-state index in [0.29, 0.717) is 22.8 Å². The number of phenolic OH excluding ortho intramolecular Hbond substituents is 1. The number of pyridine rings is 1. The fourth-order valence-corrected chi connectivity index (χ4v) is 3.08. The maximum absolute atomic E-state index is 10.4. The number of hydrogen-bond donors (Lipinski definition) is 1. The minimum absolute atomic E-state index is 0.272. The Morgan fingerprint density at radius 1 is 1.17 bits per heavy atom. The monoisotopic (exact) mass is 311 g/mol. The number of aromatic nitrogens is 1. The number of phenols is 1. The van der Waals surface area contributed by atoms with Crippen LogP contribution in [0.2, 0.25) is 0 Å². The number of benzene rings is 1. The molecule has 1 N–H and O–H groups in total. The molecule has 1 aromatic heterocycles. The highest BCUT2D eigenvalue weighted by Gasteiger charge is 2.26. The molecule has 1 unspecified atom stereocenters. The predicted molar refractivity (Wildman–Crippen MR) is 99.5 cm³/mol. The van der Waals surface area contributed by atoms with Crippen molar-refractivity contribution in [1.82, 2.24) is 4.98 Å². The summed E-state index contributed by atoms with van der Waals surface area (Å²) in [5, 5.41) is 11.3. The van der Waals surface area contributed by atoms with E-state index in [0.717, 1.165) is 23.8 Å². The summed E-state index contributed by atoms with van der Waals surface area (Å²) in [4.78, 5) is 4.27. The zero-order chi connectivity index (χ0) is 17.0. The zero-order valence-electron chi connectivity index (χ0n) is 15.0. The molecule has 0 bridgehead atoms. The third-order valence-electron chi connectivity index (χ3n) is 5.26. The van der Waals surface area contributed by atoms with Gasteiger partial charge in [-0.2, -0.15) is 0 Å². The molecule has 0 saturated heterocycles. The van der Waals surface area contributed by atoms with Crippen LogP contribution in [0.4, 0.5) is 0 Å². The van der Waals surface area contributed by atoms with Crippen LogP contribution in [-0.2, 0) is 0 Å². The van der Waals surface area contributed by atoms with Crippen molar-refractivity contribution in [2.75, 3.05) is 0 Å². The predicted octanol–water partition coefficient (Wildman–Crippen LogP) is 6.05. The van der Waals surface area contributed by atoms with E-state index in [1.54, 1.807) is 6.20 Å². The molecule has 2 nitrogen and oxygen atoms in total. The van der Waals surface area contributed by atoms with Gasteiger partial charge in [0.2, 0.25) is 0 Å². The van der Waals surface area contributed by atoms with Crippen LogP contribution in [0.5, 0.6) is 5.75 Å². The van der Waals surface area contributed by atoms with Gasteiger partial charge >= 0.3 is 0 Å². The quantitative estimate of drug-likeness (QED) is 0.704. The van der Waals surface area contributed by atoms with Crippen molar-refractivity contribution in [1.29, 1.82) is 0 Å². The molecule has 0 aliphatic rings. The van der Waals surface area contributed by atoms with Crippen molar-refractivity contribution < 1.29 is 5.11 Å². The molecule has 0 aliphatic heterocycles. The van der Waals surface area contributed by atoms with Gasteiger partial charge in [-0.1, -0.05) is 65.0 Å². The lowest BCUT2D eigenvalue weighted by molar-refractivity contribution is 0.162. The van der Waals surface area contributed by atoms with Crippen LogP contribution in [0.15, 0.2) is 36.5 Å². The van der Waals surface area contributed by atoms with Crippen LogP contribution >= 0.6 is 0 Å². The normalized spacial score (nSPS) is 14.0. The van der Waals surface area contributed by atoms with Crippen LogP contribution in [-0.4, -0.2) is 10.1 Å². The summed E-state index contributed by atoms with van der Waals surface area (Å²) < 4.78 is 0. The molecular weight excluding hydrogens is 282 g/mol. The smallest absolute Gasteiger partial charge is 0.148 e. The maximum Gasteiger partial charge on any atom is 0.148 e. The lowest BCUT2D eigenvalue weighted by Gasteiger charge is -2.34. The van der Waals surface area contributed by atoms with Gasteiger partial charge in [0.15, 0.2) is 0 Å². The molecule has 2 aromatic rings. The van der Waals surface area contributed by atoms with Crippen molar-refractivity contribution in [3.8, 4) is 5.75 Å². The lowest BCUT2D eigenvalue weighted by atomic mass is 9.71. The van der Waals surface area contributed by atoms with E-state index in [2.05, 4.69) is 45.7 Å². The minimum Gasteiger partial charge on any atom is -0.505 e. The standard InChI is InChI=1S/C21H29NO/c1-15(2)16(3)21(4,5)13-7-6-9-18-12-11-17-10-8-14-22-19(17)20(18)23/h6,8-12,14-16,23H,7,13H2,1-5H3. The SMILES string of the molecule is CC(C)C(C)C(C)(C)CCC=Cc1ccc2cccnc2c1O. The van der Waals surface area contributed by atoms with Gasteiger partial charge in [0.25, 0.3) is 0 Å². The molecule has 23 heavy (non-hydrogen) atoms. The topological polar surface area (TPSA) is 33.1 Å². The first-order valence-corrected chi connectivity index (χ1v) is 8.56. The molecular formula is C21H29NO. The van der Waals surface area contributed by atoms with Gasteiger partial charge < -0.3 is 5.11 Å². The first-order chi connectivity index (χ1) is 10.8. The molecule has 124 valence electrons. The highest BCUT2D eigenvalue weighted by molar-refractivity contribution is 5.87. The van der Waals surface area contributed by atoms with Crippen molar-refractivity contribution in [3.05, 3.63) is 42.1 Å². The van der Waals surface area contributed by atoms with Gasteiger partial charge in [-0.05, 0) is 36.2 Å². The Morgan fingerprint density at radius 2 is 1.91 bits per heavy atom. The number of hydrogen-bond acceptors (Lipinski definition) is 2. The van der Waals surface area contributed by atoms with E-state index in [9.17, 15) is 5.11 Å². The molecule has 1 atom stereocenters. The van der Waals surface area contributed by atoms with Gasteiger partial charge in [-0.15, -0.1) is 0 Å². The number of fused-ring (bicyclic) bond motifs is 1. The zero-order valence-corrected chi connectivity index (χ0v) is 15.0. The summed E-state index contributed by atoms with van der Waals surface area (Å²) in [6.45, 7) is 11.6. The van der Waals surface area contributed by atoms with Gasteiger partial charge in [0.05, 0.1) is 0 Å². The van der Waals surface area contributed by atoms with Crippen LogP contribution in [0, 0.1) is 17.3 Å². The Morgan fingerprint density at radius 3 is 2.61 bits per heavy atom. The average Bonchev–Trinajstić information content (AvgIpc) is 2.52. The molecule has 0 saturated carbocycles. The highest BCUT2D eigenvalue weighted by Crippen LogP contribution is 2.36. The Balaban J connectivity index is 2.05. The second-order valence-corrected chi connectivity index (χ2v) is 7.54. The second kappa shape index (κ2) is 7.16. The highest BCUT2D eigenvalue weighted by atomic mass is 16.3. The third-order valence-corrected chi connectivity index (χ3v) is 5.26. The molecule has 0 aliphatic carbocycles. The molecule has 0 amide bonds. The fourth-order valence-electron chi connectivity index (χ4n) is 3.08. The molecule has 0 fully saturated rings. The van der Waals surface area contributed by atoms with E-state index in [-0.39, 0.29) is 5.75 Å². The molecule has 1 heterocycles. The van der Waals surface area contributed by atoms with Crippen molar-refractivity contribution in [3.63, 3.8) is 0 Å². The van der Waals surface area contributed by atoms with Crippen molar-refractivity contribution in [2.45, 2.75) is 47.5 Å². The third kappa shape index (κ3) is 4.13. The van der Waals surface area contributed by atoms with E-state index in [4.69, 9.17) is 0 Å². The van der Waals surface area contributed by atoms with Crippen LogP contribution in [0.3, 0.4) is 0 Å². The van der Waals surface area contributed by atoms with Crippen molar-refractivity contribution in [2.24, 2.45) is 17.3 Å². The first-order valence-electron chi connectivity index (χ1n) is 8.56. The number of rotatable bonds is 6. The molecule has 2 rings (SSSR count). The maximum atomic E-state index is 10.4. The van der Waals surface area contributed by atoms with Gasteiger partial charge in [-0.25, -0.2) is 0 Å². The van der Waals surface area contributed by atoms with Crippen LogP contribution in [0.25, 0.3) is 17.0 Å². The Labute approximate surface area is 140 Å². The summed E-state index contributed by atoms with van der Waals surface area (Å²) in [6.07, 6.45) is 8.06. The van der Waals surface area contributed by atoms with Crippen LogP contribution < -0.4 is 0 Å². The largest absolute Gasteiger partial charge is 0.505 e. The Kier molecular flexibility index (Phi) is 5.46. The number of aromatic hydroxyl groups is 1. The summed E-state index contributed by atoms with van der Waals surface area (Å²) in [5.74, 6) is 1.66. The van der Waals surface area contributed by atoms with E-state index in [1.165, 1.54) is 0 Å². The molecule has 1 aromatic carbocycles. The lowest BCUT2D eigenvalue weighted by Crippen LogP contribution is -2.25. The molecule has 0 radical (unpaired) electrons. The van der Waals surface area contributed by atoms with Gasteiger partial charge in [0.1, 0.15) is 11.3 Å². The van der Waals surface area contributed by atoms with Crippen molar-refractivity contribution >= 4 is 17.0 Å². The fraction of sp³-hybridized carbons (Fsp3) is 0.476. The van der Waals surface area contributed by atoms with E-state index >= 15 is 0 Å². The van der Waals surface area contributed by atoms with Gasteiger partial charge in [0, 0.05) is 17.1 Å². The van der Waals surface area contributed by atoms with Crippen LogP contribution in [0.1, 0.15) is 53.0 Å². The summed E-state index contributed by atoms with van der Waals surface area (Å²) >= 11 is 0. The van der Waals surface area contributed by atoms with Gasteiger partial charge in [-0.3, -0.25) is 4.98 Å². The number of nitrogens with zero attached hydrogens (tertiary/aromatic N) is 1. The first kappa shape index (κ1) is 17.5. The van der Waals surface area contributed by atoms with E-state index in [1.807, 2.05) is 30.3 Å². The Hall–Kier alpha value is -1.83.